The van der Waals surface area contributed by atoms with Crippen LogP contribution in [0, 0.1) is 0 Å². The third kappa shape index (κ3) is 7.26. The summed E-state index contributed by atoms with van der Waals surface area (Å²) < 4.78 is 10.9. The normalized spacial score (nSPS) is 13.6. The van der Waals surface area contributed by atoms with Crippen molar-refractivity contribution in [1.29, 1.82) is 0 Å². The summed E-state index contributed by atoms with van der Waals surface area (Å²) in [6, 6.07) is 23.1. The summed E-state index contributed by atoms with van der Waals surface area (Å²) in [5.41, 5.74) is 3.63. The average molecular weight is 512 g/mol. The number of ether oxygens (including phenoxy) is 2. The number of benzene rings is 3. The molecular weight excluding hydrogens is 478 g/mol. The third-order valence-corrected chi connectivity index (χ3v) is 6.22. The first-order valence-electron chi connectivity index (χ1n) is 12.7. The van der Waals surface area contributed by atoms with E-state index in [0.717, 1.165) is 29.9 Å². The van der Waals surface area contributed by atoms with Gasteiger partial charge < -0.3 is 24.6 Å². The molecule has 38 heavy (non-hydrogen) atoms. The number of nitrogens with one attached hydrogen (secondary N) is 1. The highest BCUT2D eigenvalue weighted by atomic mass is 16.5. The monoisotopic (exact) mass is 511 g/mol. The molecule has 4 rings (SSSR count). The zero-order valence-corrected chi connectivity index (χ0v) is 21.8. The highest BCUT2D eigenvalue weighted by Gasteiger charge is 2.19. The fraction of sp³-hybridized carbons (Fsp3) is 0.226. The predicted octanol–water partition coefficient (Wildman–Crippen LogP) is 5.11. The summed E-state index contributed by atoms with van der Waals surface area (Å²) >= 11 is 0. The Kier molecular flexibility index (Phi) is 9.18. The van der Waals surface area contributed by atoms with Crippen molar-refractivity contribution >= 4 is 35.3 Å². The molecule has 0 atom stereocenters. The number of hydrogen-bond acceptors (Lipinski definition) is 5. The molecular formula is C31H33N3O4. The van der Waals surface area contributed by atoms with Crippen molar-refractivity contribution in [1.82, 2.24) is 4.90 Å². The Labute approximate surface area is 224 Å². The summed E-state index contributed by atoms with van der Waals surface area (Å²) in [4.78, 5) is 29.1. The molecule has 1 heterocycles. The Morgan fingerprint density at radius 2 is 1.55 bits per heavy atom. The van der Waals surface area contributed by atoms with Gasteiger partial charge in [0.15, 0.2) is 11.5 Å². The summed E-state index contributed by atoms with van der Waals surface area (Å²) in [7, 11) is 1.59. The molecule has 196 valence electrons. The van der Waals surface area contributed by atoms with Gasteiger partial charge in [0.25, 0.3) is 0 Å². The number of piperazine rings is 1. The smallest absolute Gasteiger partial charge is 0.248 e. The van der Waals surface area contributed by atoms with Crippen LogP contribution in [-0.2, 0) is 9.59 Å². The number of carbonyl (C=O) groups excluding carboxylic acids is 2. The lowest BCUT2D eigenvalue weighted by Gasteiger charge is -2.35. The molecule has 1 N–H and O–H groups in total. The van der Waals surface area contributed by atoms with Gasteiger partial charge in [0.1, 0.15) is 0 Å². The van der Waals surface area contributed by atoms with Gasteiger partial charge >= 0.3 is 0 Å². The van der Waals surface area contributed by atoms with Gasteiger partial charge in [-0.15, -0.1) is 0 Å². The Morgan fingerprint density at radius 1 is 0.842 bits per heavy atom. The molecule has 0 bridgehead atoms. The molecule has 1 saturated heterocycles. The number of carbonyl (C=O) groups is 2. The molecule has 0 saturated carbocycles. The number of anilines is 2. The molecule has 0 spiro atoms. The number of rotatable bonds is 9. The topological polar surface area (TPSA) is 71.1 Å². The summed E-state index contributed by atoms with van der Waals surface area (Å²) in [5.74, 6) is 1.10. The van der Waals surface area contributed by atoms with E-state index in [9.17, 15) is 9.59 Å². The molecule has 0 aromatic heterocycles. The van der Waals surface area contributed by atoms with Crippen LogP contribution in [0.1, 0.15) is 18.1 Å². The van der Waals surface area contributed by atoms with Gasteiger partial charge in [-0.1, -0.05) is 36.4 Å². The molecule has 0 radical (unpaired) electrons. The first-order chi connectivity index (χ1) is 18.6. The van der Waals surface area contributed by atoms with E-state index >= 15 is 0 Å². The van der Waals surface area contributed by atoms with E-state index in [4.69, 9.17) is 9.47 Å². The minimum Gasteiger partial charge on any atom is -0.493 e. The second-order valence-electron chi connectivity index (χ2n) is 8.77. The van der Waals surface area contributed by atoms with E-state index in [0.29, 0.717) is 36.9 Å². The fourth-order valence-electron chi connectivity index (χ4n) is 4.20. The van der Waals surface area contributed by atoms with Crippen LogP contribution in [0.4, 0.5) is 11.4 Å². The quantitative estimate of drug-likeness (QED) is 0.405. The van der Waals surface area contributed by atoms with Crippen molar-refractivity contribution in [2.75, 3.05) is 50.1 Å². The van der Waals surface area contributed by atoms with Crippen molar-refractivity contribution in [3.63, 3.8) is 0 Å². The molecule has 3 aromatic rings. The van der Waals surface area contributed by atoms with Crippen molar-refractivity contribution < 1.29 is 19.1 Å². The van der Waals surface area contributed by atoms with Crippen molar-refractivity contribution in [2.24, 2.45) is 0 Å². The maximum absolute atomic E-state index is 12.5. The highest BCUT2D eigenvalue weighted by Crippen LogP contribution is 2.28. The van der Waals surface area contributed by atoms with Gasteiger partial charge in [-0.3, -0.25) is 9.59 Å². The number of methoxy groups -OCH3 is 1. The molecule has 3 aromatic carbocycles. The highest BCUT2D eigenvalue weighted by molar-refractivity contribution is 6.02. The first-order valence-corrected chi connectivity index (χ1v) is 12.7. The molecule has 7 nitrogen and oxygen atoms in total. The van der Waals surface area contributed by atoms with Crippen LogP contribution in [0.5, 0.6) is 11.5 Å². The van der Waals surface area contributed by atoms with E-state index in [1.807, 2.05) is 90.7 Å². The van der Waals surface area contributed by atoms with Crippen LogP contribution < -0.4 is 19.7 Å². The van der Waals surface area contributed by atoms with Crippen molar-refractivity contribution in [3.05, 3.63) is 96.1 Å². The van der Waals surface area contributed by atoms with Crippen LogP contribution in [-0.4, -0.2) is 56.6 Å². The molecule has 2 amide bonds. The minimum atomic E-state index is -0.221. The second-order valence-corrected chi connectivity index (χ2v) is 8.77. The number of nitrogens with zero attached hydrogens (tertiary/aromatic N) is 2. The maximum Gasteiger partial charge on any atom is 0.248 e. The minimum absolute atomic E-state index is 0.0308. The van der Waals surface area contributed by atoms with E-state index < -0.39 is 0 Å². The molecule has 0 unspecified atom stereocenters. The first kappa shape index (κ1) is 26.5. The van der Waals surface area contributed by atoms with Gasteiger partial charge in [-0.05, 0) is 66.6 Å². The van der Waals surface area contributed by atoms with E-state index in [2.05, 4.69) is 10.2 Å². The zero-order chi connectivity index (χ0) is 26.7. The van der Waals surface area contributed by atoms with E-state index in [-0.39, 0.29) is 11.8 Å². The zero-order valence-electron chi connectivity index (χ0n) is 21.8. The van der Waals surface area contributed by atoms with Crippen LogP contribution in [0.15, 0.2) is 84.9 Å². The van der Waals surface area contributed by atoms with Crippen LogP contribution in [0.25, 0.3) is 12.2 Å². The summed E-state index contributed by atoms with van der Waals surface area (Å²) in [5, 5.41) is 2.89. The lowest BCUT2D eigenvalue weighted by atomic mass is 10.2. The molecule has 1 fully saturated rings. The van der Waals surface area contributed by atoms with Gasteiger partial charge in [-0.2, -0.15) is 0 Å². The second kappa shape index (κ2) is 13.1. The predicted molar refractivity (Wildman–Crippen MR) is 153 cm³/mol. The van der Waals surface area contributed by atoms with Gasteiger partial charge in [0, 0.05) is 49.7 Å². The standard InChI is InChI=1S/C31H33N3O4/c1-3-38-28-16-9-25(23-29(28)37-2)10-17-30(35)32-26-12-14-27(15-13-26)33-19-21-34(22-20-33)31(36)18-11-24-7-5-4-6-8-24/h4-18,23H,3,19-22H2,1-2H3,(H,32,35)/b17-10+,18-11+. The fourth-order valence-corrected chi connectivity index (χ4v) is 4.20. The summed E-state index contributed by atoms with van der Waals surface area (Å²) in [6.45, 7) is 5.31. The van der Waals surface area contributed by atoms with E-state index in [1.54, 1.807) is 19.3 Å². The van der Waals surface area contributed by atoms with E-state index in [1.165, 1.54) is 6.08 Å². The van der Waals surface area contributed by atoms with Crippen LogP contribution in [0.3, 0.4) is 0 Å². The number of hydrogen-bond donors (Lipinski definition) is 1. The lowest BCUT2D eigenvalue weighted by Crippen LogP contribution is -2.48. The van der Waals surface area contributed by atoms with Crippen LogP contribution in [0.2, 0.25) is 0 Å². The average Bonchev–Trinajstić information content (AvgIpc) is 2.96. The Bertz CT molecular complexity index is 1280. The number of amides is 2. The SMILES string of the molecule is CCOc1ccc(/C=C/C(=O)Nc2ccc(N3CCN(C(=O)/C=C/c4ccccc4)CC3)cc2)cc1OC. The Morgan fingerprint density at radius 3 is 2.24 bits per heavy atom. The summed E-state index contributed by atoms with van der Waals surface area (Å²) in [6.07, 6.45) is 6.72. The van der Waals surface area contributed by atoms with Crippen molar-refractivity contribution in [2.45, 2.75) is 6.92 Å². The van der Waals surface area contributed by atoms with Gasteiger partial charge in [0.05, 0.1) is 13.7 Å². The van der Waals surface area contributed by atoms with Gasteiger partial charge in [-0.25, -0.2) is 0 Å². The largest absolute Gasteiger partial charge is 0.493 e. The van der Waals surface area contributed by atoms with Gasteiger partial charge in [0.2, 0.25) is 11.8 Å². The molecule has 7 heteroatoms. The molecule has 0 aliphatic carbocycles. The van der Waals surface area contributed by atoms with Crippen LogP contribution >= 0.6 is 0 Å². The lowest BCUT2D eigenvalue weighted by molar-refractivity contribution is -0.126. The third-order valence-electron chi connectivity index (χ3n) is 6.22. The maximum atomic E-state index is 12.5. The Balaban J connectivity index is 1.26. The molecule has 1 aliphatic rings. The molecule has 1 aliphatic heterocycles. The Hall–Kier alpha value is -4.52. The van der Waals surface area contributed by atoms with Crippen molar-refractivity contribution in [3.8, 4) is 11.5 Å².